The minimum Gasteiger partial charge on any atom is -0.478 e. The molecule has 0 bridgehead atoms. The number of carboxylic acids is 1. The van der Waals surface area contributed by atoms with E-state index >= 15 is 0 Å². The van der Waals surface area contributed by atoms with E-state index in [1.165, 1.54) is 12.1 Å². The Morgan fingerprint density at radius 3 is 2.69 bits per heavy atom. The van der Waals surface area contributed by atoms with Crippen LogP contribution in [-0.2, 0) is 9.53 Å². The van der Waals surface area contributed by atoms with Gasteiger partial charge in [-0.1, -0.05) is 6.07 Å². The third kappa shape index (κ3) is 4.39. The summed E-state index contributed by atoms with van der Waals surface area (Å²) < 4.78 is 5.27. The molecule has 8 nitrogen and oxygen atoms in total. The lowest BCUT2D eigenvalue weighted by Gasteiger charge is -2.29. The summed E-state index contributed by atoms with van der Waals surface area (Å²) in [6.45, 7) is 3.50. The maximum absolute atomic E-state index is 12.5. The summed E-state index contributed by atoms with van der Waals surface area (Å²) >= 11 is 0. The van der Waals surface area contributed by atoms with Crippen LogP contribution in [0, 0.1) is 5.92 Å². The molecule has 0 aliphatic carbocycles. The number of amides is 2. The molecule has 2 heterocycles. The highest BCUT2D eigenvalue weighted by Crippen LogP contribution is 2.16. The van der Waals surface area contributed by atoms with Crippen molar-refractivity contribution in [2.24, 2.45) is 5.92 Å². The number of morpholine rings is 1. The van der Waals surface area contributed by atoms with Gasteiger partial charge in [0.05, 0.1) is 24.8 Å². The number of hydrogen-bond donors (Lipinski definition) is 3. The van der Waals surface area contributed by atoms with Crippen molar-refractivity contribution in [2.45, 2.75) is 12.5 Å². The highest BCUT2D eigenvalue weighted by atomic mass is 16.5. The van der Waals surface area contributed by atoms with Crippen molar-refractivity contribution >= 4 is 17.8 Å². The molecule has 3 rings (SSSR count). The third-order valence-electron chi connectivity index (χ3n) is 4.77. The summed E-state index contributed by atoms with van der Waals surface area (Å²) in [5.74, 6) is -1.12. The number of benzene rings is 1. The molecule has 2 atom stereocenters. The first-order valence-corrected chi connectivity index (χ1v) is 8.76. The Labute approximate surface area is 151 Å². The zero-order valence-electron chi connectivity index (χ0n) is 14.4. The van der Waals surface area contributed by atoms with E-state index in [9.17, 15) is 14.4 Å². The van der Waals surface area contributed by atoms with Gasteiger partial charge in [0.15, 0.2) is 0 Å². The van der Waals surface area contributed by atoms with Crippen molar-refractivity contribution in [3.05, 3.63) is 35.4 Å². The Balaban J connectivity index is 1.48. The lowest BCUT2D eigenvalue weighted by atomic mass is 10.0. The summed E-state index contributed by atoms with van der Waals surface area (Å²) in [4.78, 5) is 37.5. The molecule has 0 spiro atoms. The number of ether oxygens (including phenoxy) is 1. The van der Waals surface area contributed by atoms with E-state index in [0.29, 0.717) is 51.4 Å². The number of carboxylic acid groups (broad SMARTS) is 1. The minimum absolute atomic E-state index is 0.0800. The van der Waals surface area contributed by atoms with E-state index in [4.69, 9.17) is 9.84 Å². The highest BCUT2D eigenvalue weighted by Gasteiger charge is 2.32. The number of carbonyl (C=O) groups excluding carboxylic acids is 2. The highest BCUT2D eigenvalue weighted by molar-refractivity contribution is 5.97. The first kappa shape index (κ1) is 18.3. The Morgan fingerprint density at radius 1 is 1.23 bits per heavy atom. The van der Waals surface area contributed by atoms with Gasteiger partial charge in [-0.3, -0.25) is 9.59 Å². The third-order valence-corrected chi connectivity index (χ3v) is 4.77. The number of nitrogens with zero attached hydrogens (tertiary/aromatic N) is 1. The molecule has 0 radical (unpaired) electrons. The van der Waals surface area contributed by atoms with Gasteiger partial charge in [-0.25, -0.2) is 4.79 Å². The predicted molar refractivity (Wildman–Crippen MR) is 93.0 cm³/mol. The largest absolute Gasteiger partial charge is 0.478 e. The monoisotopic (exact) mass is 361 g/mol. The van der Waals surface area contributed by atoms with Gasteiger partial charge in [0.25, 0.3) is 5.91 Å². The standard InChI is InChI=1S/C18H23N3O5/c22-16(13-2-1-3-14(9-13)18(24)25)20-11-12-8-15(19-10-12)17(23)21-4-6-26-7-5-21/h1-3,9,12,15,19H,4-8,10-11H2,(H,20,22)(H,24,25)/t12-,15-/m0/s1. The summed E-state index contributed by atoms with van der Waals surface area (Å²) in [5.41, 5.74) is 0.396. The van der Waals surface area contributed by atoms with E-state index < -0.39 is 5.97 Å². The van der Waals surface area contributed by atoms with Crippen LogP contribution < -0.4 is 10.6 Å². The molecular weight excluding hydrogens is 338 g/mol. The molecule has 2 aliphatic heterocycles. The number of aromatic carboxylic acids is 1. The van der Waals surface area contributed by atoms with Gasteiger partial charge in [0.2, 0.25) is 5.91 Å². The van der Waals surface area contributed by atoms with E-state index in [-0.39, 0.29) is 29.3 Å². The SMILES string of the molecule is O=C(O)c1cccc(C(=O)NC[C@@H]2CN[C@H](C(=O)N3CCOCC3)C2)c1. The average Bonchev–Trinajstić information content (AvgIpc) is 3.15. The van der Waals surface area contributed by atoms with Crippen molar-refractivity contribution in [2.75, 3.05) is 39.4 Å². The van der Waals surface area contributed by atoms with Gasteiger partial charge in [-0.15, -0.1) is 0 Å². The molecule has 0 saturated carbocycles. The maximum atomic E-state index is 12.5. The van der Waals surface area contributed by atoms with Gasteiger partial charge in [0, 0.05) is 31.7 Å². The normalized spacial score (nSPS) is 22.8. The molecule has 1 aromatic carbocycles. The van der Waals surface area contributed by atoms with Crippen molar-refractivity contribution < 1.29 is 24.2 Å². The van der Waals surface area contributed by atoms with Crippen LogP contribution in [-0.4, -0.2) is 73.2 Å². The number of hydrogen-bond acceptors (Lipinski definition) is 5. The van der Waals surface area contributed by atoms with Crippen LogP contribution in [0.5, 0.6) is 0 Å². The topological polar surface area (TPSA) is 108 Å². The molecule has 2 amide bonds. The van der Waals surface area contributed by atoms with Gasteiger partial charge in [-0.05, 0) is 30.5 Å². The Kier molecular flexibility index (Phi) is 5.85. The second-order valence-electron chi connectivity index (χ2n) is 6.60. The molecule has 0 aromatic heterocycles. The molecule has 8 heteroatoms. The Bertz CT molecular complexity index is 687. The van der Waals surface area contributed by atoms with E-state index in [1.54, 1.807) is 12.1 Å². The quantitative estimate of drug-likeness (QED) is 0.679. The Hall–Kier alpha value is -2.45. The first-order valence-electron chi connectivity index (χ1n) is 8.76. The smallest absolute Gasteiger partial charge is 0.335 e. The zero-order valence-corrected chi connectivity index (χ0v) is 14.4. The fourth-order valence-corrected chi connectivity index (χ4v) is 3.29. The molecule has 2 fully saturated rings. The lowest BCUT2D eigenvalue weighted by Crippen LogP contribution is -2.48. The lowest BCUT2D eigenvalue weighted by molar-refractivity contribution is -0.137. The molecule has 3 N–H and O–H groups in total. The molecular formula is C18H23N3O5. The number of carbonyl (C=O) groups is 3. The summed E-state index contributed by atoms with van der Waals surface area (Å²) in [6.07, 6.45) is 0.672. The van der Waals surface area contributed by atoms with Gasteiger partial charge in [0.1, 0.15) is 0 Å². The van der Waals surface area contributed by atoms with Gasteiger partial charge < -0.3 is 25.4 Å². The molecule has 1 aromatic rings. The van der Waals surface area contributed by atoms with Gasteiger partial charge >= 0.3 is 5.97 Å². The van der Waals surface area contributed by atoms with Crippen molar-refractivity contribution in [3.63, 3.8) is 0 Å². The Morgan fingerprint density at radius 2 is 1.96 bits per heavy atom. The van der Waals surface area contributed by atoms with Crippen LogP contribution in [0.4, 0.5) is 0 Å². The first-order chi connectivity index (χ1) is 12.5. The van der Waals surface area contributed by atoms with E-state index in [0.717, 1.165) is 0 Å². The molecule has 26 heavy (non-hydrogen) atoms. The summed E-state index contributed by atoms with van der Waals surface area (Å²) in [5, 5.41) is 15.1. The van der Waals surface area contributed by atoms with Crippen molar-refractivity contribution in [1.29, 1.82) is 0 Å². The average molecular weight is 361 g/mol. The number of nitrogens with one attached hydrogen (secondary N) is 2. The second-order valence-corrected chi connectivity index (χ2v) is 6.60. The molecule has 140 valence electrons. The molecule has 0 unspecified atom stereocenters. The van der Waals surface area contributed by atoms with Crippen LogP contribution in [0.2, 0.25) is 0 Å². The van der Waals surface area contributed by atoms with Crippen LogP contribution in [0.3, 0.4) is 0 Å². The fraction of sp³-hybridized carbons (Fsp3) is 0.500. The minimum atomic E-state index is -1.07. The molecule has 2 aliphatic rings. The maximum Gasteiger partial charge on any atom is 0.335 e. The number of rotatable bonds is 5. The van der Waals surface area contributed by atoms with Crippen molar-refractivity contribution in [1.82, 2.24) is 15.5 Å². The van der Waals surface area contributed by atoms with Crippen molar-refractivity contribution in [3.8, 4) is 0 Å². The van der Waals surface area contributed by atoms with Gasteiger partial charge in [-0.2, -0.15) is 0 Å². The predicted octanol–water partition coefficient (Wildman–Crippen LogP) is -0.0485. The molecule has 2 saturated heterocycles. The second kappa shape index (κ2) is 8.29. The van der Waals surface area contributed by atoms with Crippen LogP contribution in [0.25, 0.3) is 0 Å². The van der Waals surface area contributed by atoms with Crippen LogP contribution in [0.1, 0.15) is 27.1 Å². The van der Waals surface area contributed by atoms with E-state index in [1.807, 2.05) is 4.90 Å². The fourth-order valence-electron chi connectivity index (χ4n) is 3.29. The van der Waals surface area contributed by atoms with E-state index in [2.05, 4.69) is 10.6 Å². The zero-order chi connectivity index (χ0) is 18.5. The summed E-state index contributed by atoms with van der Waals surface area (Å²) in [7, 11) is 0. The van der Waals surface area contributed by atoms with Crippen LogP contribution >= 0.6 is 0 Å². The van der Waals surface area contributed by atoms with Crippen LogP contribution in [0.15, 0.2) is 24.3 Å². The summed E-state index contributed by atoms with van der Waals surface area (Å²) in [6, 6.07) is 5.72.